The Bertz CT molecular complexity index is 956. The molecular weight excluding hydrogens is 382 g/mol. The van der Waals surface area contributed by atoms with Gasteiger partial charge in [-0.25, -0.2) is 8.42 Å². The van der Waals surface area contributed by atoms with Crippen molar-refractivity contribution in [3.8, 4) is 0 Å². The van der Waals surface area contributed by atoms with E-state index in [1.54, 1.807) is 30.3 Å². The van der Waals surface area contributed by atoms with Crippen LogP contribution in [0, 0.1) is 10.1 Å². The summed E-state index contributed by atoms with van der Waals surface area (Å²) in [6.07, 6.45) is 0.906. The van der Waals surface area contributed by atoms with Crippen molar-refractivity contribution < 1.29 is 27.1 Å². The highest BCUT2D eigenvalue weighted by atomic mass is 32.2. The van der Waals surface area contributed by atoms with Crippen LogP contribution in [-0.4, -0.2) is 35.5 Å². The third-order valence-corrected chi connectivity index (χ3v) is 5.74. The maximum atomic E-state index is 12.3. The number of rotatable bonds is 7. The van der Waals surface area contributed by atoms with Crippen molar-refractivity contribution in [1.29, 1.82) is 0 Å². The molecule has 0 spiro atoms. The van der Waals surface area contributed by atoms with E-state index < -0.39 is 43.0 Å². The maximum Gasteiger partial charge on any atom is 0.319 e. The summed E-state index contributed by atoms with van der Waals surface area (Å²) < 4.78 is 40.3. The van der Waals surface area contributed by atoms with E-state index in [0.717, 1.165) is 30.0 Å². The average molecular weight is 397 g/mol. The first-order valence-electron chi connectivity index (χ1n) is 7.25. The van der Waals surface area contributed by atoms with Crippen molar-refractivity contribution in [3.63, 3.8) is 0 Å². The Balaban J connectivity index is 2.13. The minimum atomic E-state index is -3.66. The minimum absolute atomic E-state index is 0.00795. The molecule has 138 valence electrons. The lowest BCUT2D eigenvalue weighted by atomic mass is 10.2. The molecule has 0 radical (unpaired) electrons. The SMILES string of the molecule is CS(=O)(=O)c1ccc([S@](=O)CC(=O)OCc2ccccc2)c([N+](=O)[O-])c1. The number of sulfone groups is 1. The summed E-state index contributed by atoms with van der Waals surface area (Å²) in [6.45, 7) is -0.00795. The van der Waals surface area contributed by atoms with Crippen LogP contribution >= 0.6 is 0 Å². The fourth-order valence-corrected chi connectivity index (χ4v) is 3.71. The molecule has 2 rings (SSSR count). The van der Waals surface area contributed by atoms with Gasteiger partial charge in [-0.1, -0.05) is 30.3 Å². The third-order valence-electron chi connectivity index (χ3n) is 3.29. The van der Waals surface area contributed by atoms with Crippen LogP contribution < -0.4 is 0 Å². The van der Waals surface area contributed by atoms with Gasteiger partial charge in [0.25, 0.3) is 5.69 Å². The van der Waals surface area contributed by atoms with Crippen LogP contribution in [0.3, 0.4) is 0 Å². The van der Waals surface area contributed by atoms with Crippen LogP contribution in [0.2, 0.25) is 0 Å². The van der Waals surface area contributed by atoms with Gasteiger partial charge in [-0.15, -0.1) is 0 Å². The normalized spacial score (nSPS) is 12.3. The number of ether oxygens (including phenoxy) is 1. The Morgan fingerprint density at radius 2 is 1.85 bits per heavy atom. The molecule has 2 aromatic carbocycles. The fraction of sp³-hybridized carbons (Fsp3) is 0.188. The monoisotopic (exact) mass is 397 g/mol. The Morgan fingerprint density at radius 3 is 2.42 bits per heavy atom. The summed E-state index contributed by atoms with van der Waals surface area (Å²) in [7, 11) is -5.71. The van der Waals surface area contributed by atoms with Crippen LogP contribution in [0.15, 0.2) is 58.3 Å². The van der Waals surface area contributed by atoms with Gasteiger partial charge in [-0.05, 0) is 17.7 Å². The summed E-state index contributed by atoms with van der Waals surface area (Å²) in [5, 5.41) is 11.2. The number of benzene rings is 2. The Hall–Kier alpha value is -2.59. The van der Waals surface area contributed by atoms with Crippen LogP contribution in [0.1, 0.15) is 5.56 Å². The molecule has 0 N–H and O–H groups in total. The molecule has 0 bridgehead atoms. The first kappa shape index (κ1) is 19.7. The van der Waals surface area contributed by atoms with E-state index >= 15 is 0 Å². The molecule has 0 aliphatic heterocycles. The van der Waals surface area contributed by atoms with Crippen LogP contribution in [0.4, 0.5) is 5.69 Å². The molecule has 0 heterocycles. The van der Waals surface area contributed by atoms with E-state index in [1.165, 1.54) is 0 Å². The van der Waals surface area contributed by atoms with E-state index in [-0.39, 0.29) is 16.4 Å². The number of hydrogen-bond acceptors (Lipinski definition) is 7. The van der Waals surface area contributed by atoms with Gasteiger partial charge in [0.05, 0.1) is 20.6 Å². The van der Waals surface area contributed by atoms with Crippen molar-refractivity contribution in [1.82, 2.24) is 0 Å². The van der Waals surface area contributed by atoms with Gasteiger partial charge < -0.3 is 4.74 Å². The number of nitro groups is 1. The molecule has 0 aliphatic carbocycles. The second-order valence-corrected chi connectivity index (χ2v) is 8.73. The number of esters is 1. The smallest absolute Gasteiger partial charge is 0.319 e. The second-order valence-electron chi connectivity index (χ2n) is 5.29. The highest BCUT2D eigenvalue weighted by Gasteiger charge is 2.24. The molecule has 0 unspecified atom stereocenters. The van der Waals surface area contributed by atoms with Gasteiger partial charge in [0.15, 0.2) is 9.84 Å². The van der Waals surface area contributed by atoms with Crippen LogP contribution in [0.25, 0.3) is 0 Å². The Labute approximate surface area is 152 Å². The van der Waals surface area contributed by atoms with E-state index in [0.29, 0.717) is 0 Å². The zero-order valence-electron chi connectivity index (χ0n) is 13.7. The molecule has 10 heteroatoms. The summed E-state index contributed by atoms with van der Waals surface area (Å²) >= 11 is 0. The third kappa shape index (κ3) is 5.20. The topological polar surface area (TPSA) is 121 Å². The lowest BCUT2D eigenvalue weighted by Crippen LogP contribution is -2.15. The molecular formula is C16H15NO7S2. The van der Waals surface area contributed by atoms with E-state index in [1.807, 2.05) is 0 Å². The van der Waals surface area contributed by atoms with Crippen molar-refractivity contribution in [2.45, 2.75) is 16.4 Å². The number of nitrogens with zero attached hydrogens (tertiary/aromatic N) is 1. The zero-order valence-corrected chi connectivity index (χ0v) is 15.3. The number of hydrogen-bond donors (Lipinski definition) is 0. The summed E-state index contributed by atoms with van der Waals surface area (Å²) in [5.74, 6) is -1.36. The highest BCUT2D eigenvalue weighted by molar-refractivity contribution is 7.90. The van der Waals surface area contributed by atoms with Gasteiger partial charge in [0.1, 0.15) is 17.3 Å². The standard InChI is InChI=1S/C16H15NO7S2/c1-26(22,23)13-7-8-15(14(9-13)17(19)20)25(21)11-16(18)24-10-12-5-3-2-4-6-12/h2-9H,10-11H2,1H3/t25-/m1/s1. The van der Waals surface area contributed by atoms with E-state index in [4.69, 9.17) is 4.74 Å². The lowest BCUT2D eigenvalue weighted by molar-refractivity contribution is -0.388. The second kappa shape index (κ2) is 8.19. The van der Waals surface area contributed by atoms with Crippen molar-refractivity contribution in [3.05, 3.63) is 64.2 Å². The molecule has 1 atom stereocenters. The van der Waals surface area contributed by atoms with Gasteiger partial charge in [-0.2, -0.15) is 0 Å². The summed E-state index contributed by atoms with van der Waals surface area (Å²) in [6, 6.07) is 11.9. The quantitative estimate of drug-likeness (QED) is 0.397. The van der Waals surface area contributed by atoms with E-state index in [2.05, 4.69) is 0 Å². The molecule has 0 aliphatic rings. The number of carbonyl (C=O) groups excluding carboxylic acids is 1. The Morgan fingerprint density at radius 1 is 1.19 bits per heavy atom. The molecule has 0 saturated heterocycles. The molecule has 2 aromatic rings. The van der Waals surface area contributed by atoms with Crippen molar-refractivity contribution in [2.24, 2.45) is 0 Å². The Kier molecular flexibility index (Phi) is 6.22. The predicted molar refractivity (Wildman–Crippen MR) is 93.7 cm³/mol. The molecule has 26 heavy (non-hydrogen) atoms. The molecule has 8 nitrogen and oxygen atoms in total. The molecule has 0 amide bonds. The minimum Gasteiger partial charge on any atom is -0.460 e. The van der Waals surface area contributed by atoms with Gasteiger partial charge in [-0.3, -0.25) is 19.1 Å². The van der Waals surface area contributed by atoms with Gasteiger partial charge in [0.2, 0.25) is 0 Å². The molecule has 0 saturated carbocycles. The van der Waals surface area contributed by atoms with Gasteiger partial charge >= 0.3 is 5.97 Å². The zero-order chi connectivity index (χ0) is 19.3. The number of nitro benzene ring substituents is 1. The van der Waals surface area contributed by atoms with Crippen LogP contribution in [0.5, 0.6) is 0 Å². The van der Waals surface area contributed by atoms with Crippen molar-refractivity contribution >= 4 is 32.3 Å². The maximum absolute atomic E-state index is 12.3. The highest BCUT2D eigenvalue weighted by Crippen LogP contribution is 2.26. The molecule has 0 aromatic heterocycles. The summed E-state index contributed by atoms with van der Waals surface area (Å²) in [5.41, 5.74) is 0.122. The van der Waals surface area contributed by atoms with Crippen molar-refractivity contribution in [2.75, 3.05) is 12.0 Å². The predicted octanol–water partition coefficient (Wildman–Crippen LogP) is 1.85. The molecule has 0 fully saturated rings. The first-order chi connectivity index (χ1) is 12.2. The van der Waals surface area contributed by atoms with E-state index in [9.17, 15) is 27.5 Å². The average Bonchev–Trinajstić information content (AvgIpc) is 2.59. The first-order valence-corrected chi connectivity index (χ1v) is 10.5. The summed E-state index contributed by atoms with van der Waals surface area (Å²) in [4.78, 5) is 21.6. The largest absolute Gasteiger partial charge is 0.460 e. The van der Waals surface area contributed by atoms with Crippen LogP contribution in [-0.2, 0) is 36.8 Å². The number of carbonyl (C=O) groups is 1. The van der Waals surface area contributed by atoms with Gasteiger partial charge in [0, 0.05) is 12.3 Å². The fourth-order valence-electron chi connectivity index (χ4n) is 2.03. The lowest BCUT2D eigenvalue weighted by Gasteiger charge is -2.07.